The van der Waals surface area contributed by atoms with E-state index >= 15 is 0 Å². The van der Waals surface area contributed by atoms with Crippen LogP contribution < -0.4 is 14.4 Å². The zero-order valence-electron chi connectivity index (χ0n) is 24.1. The highest BCUT2D eigenvalue weighted by molar-refractivity contribution is 8.19. The Kier molecular flexibility index (Phi) is 9.68. The normalized spacial score (nSPS) is 18.9. The first-order valence-electron chi connectivity index (χ1n) is 15.0. The molecule has 3 fully saturated rings. The first-order chi connectivity index (χ1) is 21.0. The van der Waals surface area contributed by atoms with Crippen LogP contribution in [0.2, 0.25) is 5.02 Å². The van der Waals surface area contributed by atoms with Crippen molar-refractivity contribution < 1.29 is 19.1 Å². The van der Waals surface area contributed by atoms with Gasteiger partial charge in [-0.2, -0.15) is 0 Å². The van der Waals surface area contributed by atoms with E-state index in [1.54, 1.807) is 42.5 Å². The number of nitrogens with zero attached hydrogens (tertiary/aromatic N) is 3. The maximum absolute atomic E-state index is 13.1. The van der Waals surface area contributed by atoms with E-state index in [9.17, 15) is 9.59 Å². The lowest BCUT2D eigenvalue weighted by molar-refractivity contribution is -0.113. The second kappa shape index (κ2) is 14.0. The van der Waals surface area contributed by atoms with Gasteiger partial charge in [-0.1, -0.05) is 23.7 Å². The molecule has 0 unspecified atom stereocenters. The molecule has 9 heteroatoms. The third-order valence-corrected chi connectivity index (χ3v) is 9.05. The quantitative estimate of drug-likeness (QED) is 0.153. The van der Waals surface area contributed by atoms with Crippen LogP contribution >= 0.6 is 23.4 Å². The fourth-order valence-electron chi connectivity index (χ4n) is 5.29. The maximum Gasteiger partial charge on any atom is 0.298 e. The number of hydrogen-bond acceptors (Lipinski definition) is 7. The van der Waals surface area contributed by atoms with Crippen molar-refractivity contribution in [3.63, 3.8) is 0 Å². The molecular formula is C34H36ClN3O4S. The van der Waals surface area contributed by atoms with Crippen molar-refractivity contribution in [3.05, 3.63) is 88.3 Å². The molecule has 6 rings (SSSR count). The number of unbranched alkanes of at least 4 members (excludes halogenated alkanes) is 1. The van der Waals surface area contributed by atoms with Gasteiger partial charge in [-0.05, 0) is 122 Å². The average molecular weight is 618 g/mol. The van der Waals surface area contributed by atoms with Gasteiger partial charge in [-0.25, -0.2) is 4.90 Å². The predicted molar refractivity (Wildman–Crippen MR) is 173 cm³/mol. The second-order valence-corrected chi connectivity index (χ2v) is 12.7. The maximum atomic E-state index is 13.1. The van der Waals surface area contributed by atoms with Crippen molar-refractivity contribution in [3.8, 4) is 17.2 Å². The summed E-state index contributed by atoms with van der Waals surface area (Å²) < 4.78 is 11.8. The van der Waals surface area contributed by atoms with Crippen molar-refractivity contribution >= 4 is 46.3 Å². The Labute approximate surface area is 262 Å². The van der Waals surface area contributed by atoms with Gasteiger partial charge < -0.3 is 19.3 Å². The highest BCUT2D eigenvalue weighted by atomic mass is 35.5. The summed E-state index contributed by atoms with van der Waals surface area (Å²) >= 11 is 6.87. The Bertz CT molecular complexity index is 1430. The standard InChI is InChI=1S/C34H36ClN3O4S/c35-27-7-13-31(14-8-27)42-30-11-5-25(6-12-30)23-32-33(39)38(34(40)43-32)28-9-15-29(16-10-28)41-22-2-1-17-36-18-20-37(21-19-36)24-26-3-4-26/h5-16,23,26H,1-4,17-22,24H2. The van der Waals surface area contributed by atoms with Gasteiger partial charge in [0.15, 0.2) is 0 Å². The monoisotopic (exact) mass is 617 g/mol. The molecule has 0 aromatic heterocycles. The van der Waals surface area contributed by atoms with Crippen LogP contribution in [-0.2, 0) is 4.79 Å². The van der Waals surface area contributed by atoms with Crippen LogP contribution in [0.3, 0.4) is 0 Å². The summed E-state index contributed by atoms with van der Waals surface area (Å²) in [6.07, 6.45) is 6.68. The number of hydrogen-bond donors (Lipinski definition) is 0. The lowest BCUT2D eigenvalue weighted by atomic mass is 10.2. The topological polar surface area (TPSA) is 62.3 Å². The molecule has 0 bridgehead atoms. The highest BCUT2D eigenvalue weighted by Crippen LogP contribution is 2.36. The van der Waals surface area contributed by atoms with Crippen molar-refractivity contribution in [1.82, 2.24) is 9.80 Å². The fraction of sp³-hybridized carbons (Fsp3) is 0.353. The molecule has 1 aliphatic carbocycles. The third kappa shape index (κ3) is 8.21. The van der Waals surface area contributed by atoms with E-state index in [4.69, 9.17) is 21.1 Å². The molecule has 2 saturated heterocycles. The molecule has 3 aromatic carbocycles. The minimum Gasteiger partial charge on any atom is -0.494 e. The summed E-state index contributed by atoms with van der Waals surface area (Å²) in [5.74, 6) is 2.71. The lowest BCUT2D eigenvalue weighted by Crippen LogP contribution is -2.47. The number of anilines is 1. The summed E-state index contributed by atoms with van der Waals surface area (Å²) in [6, 6.07) is 21.6. The molecule has 224 valence electrons. The minimum atomic E-state index is -0.335. The summed E-state index contributed by atoms with van der Waals surface area (Å²) in [7, 11) is 0. The molecule has 0 atom stereocenters. The van der Waals surface area contributed by atoms with Crippen molar-refractivity contribution in [2.75, 3.05) is 50.8 Å². The predicted octanol–water partition coefficient (Wildman–Crippen LogP) is 7.56. The van der Waals surface area contributed by atoms with E-state index in [1.807, 2.05) is 36.4 Å². The molecule has 43 heavy (non-hydrogen) atoms. The van der Waals surface area contributed by atoms with Crippen LogP contribution in [0.5, 0.6) is 17.2 Å². The molecule has 0 spiro atoms. The molecule has 7 nitrogen and oxygen atoms in total. The summed E-state index contributed by atoms with van der Waals surface area (Å²) in [5.41, 5.74) is 1.33. The molecule has 2 amide bonds. The number of carbonyl (C=O) groups is 2. The van der Waals surface area contributed by atoms with E-state index in [2.05, 4.69) is 9.80 Å². The van der Waals surface area contributed by atoms with E-state index < -0.39 is 0 Å². The number of rotatable bonds is 12. The first-order valence-corrected chi connectivity index (χ1v) is 16.2. The summed E-state index contributed by atoms with van der Waals surface area (Å²) in [6.45, 7) is 7.81. The molecule has 3 aromatic rings. The van der Waals surface area contributed by atoms with Crippen LogP contribution in [0, 0.1) is 5.92 Å². The molecule has 0 N–H and O–H groups in total. The van der Waals surface area contributed by atoms with Crippen molar-refractivity contribution in [2.24, 2.45) is 5.92 Å². The average Bonchev–Trinajstić information content (AvgIpc) is 3.79. The fourth-order valence-corrected chi connectivity index (χ4v) is 6.26. The molecule has 0 radical (unpaired) electrons. The first kappa shape index (κ1) is 29.8. The zero-order valence-corrected chi connectivity index (χ0v) is 25.7. The van der Waals surface area contributed by atoms with Gasteiger partial charge in [-0.3, -0.25) is 9.59 Å². The third-order valence-electron chi connectivity index (χ3n) is 7.93. The van der Waals surface area contributed by atoms with Gasteiger partial charge in [0.2, 0.25) is 0 Å². The van der Waals surface area contributed by atoms with Crippen LogP contribution in [0.15, 0.2) is 77.7 Å². The van der Waals surface area contributed by atoms with Gasteiger partial charge in [0.1, 0.15) is 17.2 Å². The van der Waals surface area contributed by atoms with E-state index in [1.165, 1.54) is 50.5 Å². The van der Waals surface area contributed by atoms with Crippen LogP contribution in [-0.4, -0.2) is 66.8 Å². The van der Waals surface area contributed by atoms with Crippen LogP contribution in [0.1, 0.15) is 31.2 Å². The second-order valence-electron chi connectivity index (χ2n) is 11.3. The van der Waals surface area contributed by atoms with Gasteiger partial charge in [0.05, 0.1) is 17.2 Å². The van der Waals surface area contributed by atoms with Crippen LogP contribution in [0.25, 0.3) is 6.08 Å². The number of piperazine rings is 1. The van der Waals surface area contributed by atoms with Gasteiger partial charge >= 0.3 is 0 Å². The number of imide groups is 1. The Balaban J connectivity index is 0.945. The van der Waals surface area contributed by atoms with E-state index in [0.717, 1.165) is 48.4 Å². The van der Waals surface area contributed by atoms with E-state index in [0.29, 0.717) is 33.7 Å². The number of thioether (sulfide) groups is 1. The molecular weight excluding hydrogens is 582 g/mol. The number of carbonyl (C=O) groups excluding carboxylic acids is 2. The van der Waals surface area contributed by atoms with Gasteiger partial charge in [-0.15, -0.1) is 0 Å². The van der Waals surface area contributed by atoms with Crippen LogP contribution in [0.4, 0.5) is 10.5 Å². The largest absolute Gasteiger partial charge is 0.494 e. The zero-order chi connectivity index (χ0) is 29.6. The van der Waals surface area contributed by atoms with E-state index in [-0.39, 0.29) is 11.1 Å². The van der Waals surface area contributed by atoms with Gasteiger partial charge in [0, 0.05) is 37.7 Å². The number of amides is 2. The van der Waals surface area contributed by atoms with Crippen molar-refractivity contribution in [2.45, 2.75) is 25.7 Å². The molecule has 1 saturated carbocycles. The molecule has 3 aliphatic rings. The number of halogens is 1. The Hall–Kier alpha value is -3.30. The number of benzene rings is 3. The summed E-state index contributed by atoms with van der Waals surface area (Å²) in [4.78, 5) is 32.7. The number of ether oxygens (including phenoxy) is 2. The smallest absolute Gasteiger partial charge is 0.298 e. The Morgan fingerprint density at radius 3 is 2.09 bits per heavy atom. The Morgan fingerprint density at radius 1 is 0.791 bits per heavy atom. The molecule has 2 aliphatic heterocycles. The minimum absolute atomic E-state index is 0.319. The highest BCUT2D eigenvalue weighted by Gasteiger charge is 2.36. The van der Waals surface area contributed by atoms with Gasteiger partial charge in [0.25, 0.3) is 11.1 Å². The lowest BCUT2D eigenvalue weighted by Gasteiger charge is -2.34. The van der Waals surface area contributed by atoms with Crippen molar-refractivity contribution in [1.29, 1.82) is 0 Å². The Morgan fingerprint density at radius 2 is 1.42 bits per heavy atom. The molecule has 2 heterocycles. The summed E-state index contributed by atoms with van der Waals surface area (Å²) in [5, 5.41) is 0.325. The SMILES string of the molecule is O=C1SC(=Cc2ccc(Oc3ccc(Cl)cc3)cc2)C(=O)N1c1ccc(OCCCCN2CCN(CC3CC3)CC2)cc1.